The Balaban J connectivity index is 1.44. The van der Waals surface area contributed by atoms with Crippen molar-refractivity contribution in [1.82, 2.24) is 5.32 Å². The molecule has 0 spiro atoms. The molecule has 34 heavy (non-hydrogen) atoms. The third-order valence-corrected chi connectivity index (χ3v) is 7.58. The summed E-state index contributed by atoms with van der Waals surface area (Å²) in [5.41, 5.74) is 2.45. The van der Waals surface area contributed by atoms with Crippen LogP contribution in [-0.2, 0) is 26.1 Å². The van der Waals surface area contributed by atoms with Gasteiger partial charge in [-0.05, 0) is 54.1 Å². The van der Waals surface area contributed by atoms with Crippen molar-refractivity contribution in [2.24, 2.45) is 0 Å². The molecule has 1 amide bonds. The highest BCUT2D eigenvalue weighted by Crippen LogP contribution is 2.24. The number of morpholine rings is 1. The lowest BCUT2D eigenvalue weighted by Crippen LogP contribution is -2.40. The molecule has 178 valence electrons. The molecule has 0 atom stereocenters. The van der Waals surface area contributed by atoms with E-state index in [1.54, 1.807) is 30.3 Å². The number of carbonyl (C=O) groups excluding carboxylic acids is 1. The Labute approximate surface area is 205 Å². The smallest absolute Gasteiger partial charge is 0.264 e. The van der Waals surface area contributed by atoms with Gasteiger partial charge in [0.15, 0.2) is 0 Å². The molecular formula is C25H26ClN3O4S. The molecule has 3 aromatic rings. The van der Waals surface area contributed by atoms with E-state index >= 15 is 0 Å². The fraction of sp³-hybridized carbons (Fsp3) is 0.240. The quantitative estimate of drug-likeness (QED) is 0.511. The largest absolute Gasteiger partial charge is 0.378 e. The molecule has 0 aliphatic carbocycles. The average Bonchev–Trinajstić information content (AvgIpc) is 2.87. The normalized spacial score (nSPS) is 14.0. The molecule has 9 heteroatoms. The maximum Gasteiger partial charge on any atom is 0.264 e. The number of hydrogen-bond donors (Lipinski definition) is 1. The van der Waals surface area contributed by atoms with Crippen LogP contribution in [0.2, 0.25) is 5.02 Å². The number of hydrogen-bond acceptors (Lipinski definition) is 5. The van der Waals surface area contributed by atoms with Crippen molar-refractivity contribution in [1.29, 1.82) is 0 Å². The van der Waals surface area contributed by atoms with Crippen LogP contribution in [0.15, 0.2) is 83.8 Å². The minimum Gasteiger partial charge on any atom is -0.378 e. The van der Waals surface area contributed by atoms with E-state index in [1.165, 1.54) is 24.3 Å². The molecular weight excluding hydrogens is 474 g/mol. The fourth-order valence-electron chi connectivity index (χ4n) is 3.68. The first-order valence-corrected chi connectivity index (χ1v) is 12.8. The first-order valence-electron chi connectivity index (χ1n) is 11.0. The minimum absolute atomic E-state index is 0.0623. The Hall–Kier alpha value is -3.07. The highest BCUT2D eigenvalue weighted by molar-refractivity contribution is 7.92. The molecule has 0 saturated carbocycles. The van der Waals surface area contributed by atoms with E-state index < -0.39 is 15.9 Å². The van der Waals surface area contributed by atoms with Crippen LogP contribution in [0.1, 0.15) is 5.56 Å². The first kappa shape index (κ1) is 24.1. The highest BCUT2D eigenvalue weighted by atomic mass is 35.5. The van der Waals surface area contributed by atoms with Crippen LogP contribution >= 0.6 is 11.6 Å². The summed E-state index contributed by atoms with van der Waals surface area (Å²) in [7, 11) is -3.97. The molecule has 3 aromatic carbocycles. The standard InChI is InChI=1S/C25H26ClN3O4S/c26-21-8-12-24(13-9-21)34(31,32)29(23-4-2-1-3-5-23)19-25(30)27-18-20-6-10-22(11-7-20)28-14-16-33-17-15-28/h1-13H,14-19H2,(H,27,30). The molecule has 1 saturated heterocycles. The van der Waals surface area contributed by atoms with Crippen LogP contribution in [-0.4, -0.2) is 47.2 Å². The van der Waals surface area contributed by atoms with Crippen LogP contribution < -0.4 is 14.5 Å². The van der Waals surface area contributed by atoms with Gasteiger partial charge in [-0.2, -0.15) is 0 Å². The van der Waals surface area contributed by atoms with Gasteiger partial charge in [-0.25, -0.2) is 8.42 Å². The minimum atomic E-state index is -3.97. The van der Waals surface area contributed by atoms with E-state index in [1.807, 2.05) is 24.3 Å². The fourth-order valence-corrected chi connectivity index (χ4v) is 5.22. The van der Waals surface area contributed by atoms with Gasteiger partial charge in [0.05, 0.1) is 23.8 Å². The highest BCUT2D eigenvalue weighted by Gasteiger charge is 2.27. The summed E-state index contributed by atoms with van der Waals surface area (Å²) in [6.07, 6.45) is 0. The van der Waals surface area contributed by atoms with E-state index in [9.17, 15) is 13.2 Å². The van der Waals surface area contributed by atoms with Gasteiger partial charge >= 0.3 is 0 Å². The second kappa shape index (κ2) is 10.9. The zero-order chi connectivity index (χ0) is 24.0. The van der Waals surface area contributed by atoms with Gasteiger partial charge in [0, 0.05) is 30.3 Å². The molecule has 0 bridgehead atoms. The van der Waals surface area contributed by atoms with Crippen molar-refractivity contribution in [2.75, 3.05) is 42.1 Å². The topological polar surface area (TPSA) is 79.0 Å². The molecule has 1 aliphatic rings. The second-order valence-corrected chi connectivity index (χ2v) is 10.1. The zero-order valence-corrected chi connectivity index (χ0v) is 20.1. The number of benzene rings is 3. The summed E-state index contributed by atoms with van der Waals surface area (Å²) in [6, 6.07) is 22.4. The van der Waals surface area contributed by atoms with Gasteiger partial charge in [0.1, 0.15) is 6.54 Å². The van der Waals surface area contributed by atoms with Crippen molar-refractivity contribution in [2.45, 2.75) is 11.4 Å². The molecule has 7 nitrogen and oxygen atoms in total. The van der Waals surface area contributed by atoms with Gasteiger partial charge < -0.3 is 15.0 Å². The predicted octanol–water partition coefficient (Wildman–Crippen LogP) is 3.69. The Morgan fingerprint density at radius 2 is 1.59 bits per heavy atom. The number of carbonyl (C=O) groups is 1. The molecule has 4 rings (SSSR count). The van der Waals surface area contributed by atoms with Crippen molar-refractivity contribution in [3.05, 3.63) is 89.4 Å². The van der Waals surface area contributed by atoms with Gasteiger partial charge in [0.25, 0.3) is 10.0 Å². The van der Waals surface area contributed by atoms with E-state index in [0.717, 1.165) is 28.6 Å². The van der Waals surface area contributed by atoms with Crippen molar-refractivity contribution >= 4 is 38.9 Å². The van der Waals surface area contributed by atoms with Gasteiger partial charge in [-0.3, -0.25) is 9.10 Å². The monoisotopic (exact) mass is 499 g/mol. The SMILES string of the molecule is O=C(CN(c1ccccc1)S(=O)(=O)c1ccc(Cl)cc1)NCc1ccc(N2CCOCC2)cc1. The molecule has 0 radical (unpaired) electrons. The van der Waals surface area contributed by atoms with E-state index in [4.69, 9.17) is 16.3 Å². The van der Waals surface area contributed by atoms with Gasteiger partial charge in [-0.15, -0.1) is 0 Å². The lowest BCUT2D eigenvalue weighted by Gasteiger charge is -2.29. The van der Waals surface area contributed by atoms with E-state index in [0.29, 0.717) is 30.5 Å². The van der Waals surface area contributed by atoms with Crippen LogP contribution in [0.5, 0.6) is 0 Å². The number of anilines is 2. The number of halogens is 1. The number of nitrogens with one attached hydrogen (secondary N) is 1. The number of amides is 1. The average molecular weight is 500 g/mol. The summed E-state index contributed by atoms with van der Waals surface area (Å²) in [6.45, 7) is 3.09. The summed E-state index contributed by atoms with van der Waals surface area (Å²) in [5.74, 6) is -0.404. The summed E-state index contributed by atoms with van der Waals surface area (Å²) in [5, 5.41) is 3.26. The number of ether oxygens (including phenoxy) is 1. The number of para-hydroxylation sites is 1. The summed E-state index contributed by atoms with van der Waals surface area (Å²) < 4.78 is 33.2. The molecule has 1 aliphatic heterocycles. The first-order chi connectivity index (χ1) is 16.4. The maximum absolute atomic E-state index is 13.3. The molecule has 1 N–H and O–H groups in total. The van der Waals surface area contributed by atoms with Crippen molar-refractivity contribution in [3.63, 3.8) is 0 Å². The third-order valence-electron chi connectivity index (χ3n) is 5.54. The van der Waals surface area contributed by atoms with Crippen LogP contribution in [0.25, 0.3) is 0 Å². The van der Waals surface area contributed by atoms with Crippen LogP contribution in [0.3, 0.4) is 0 Å². The Kier molecular flexibility index (Phi) is 7.72. The lowest BCUT2D eigenvalue weighted by atomic mass is 10.2. The Morgan fingerprint density at radius 1 is 0.941 bits per heavy atom. The van der Waals surface area contributed by atoms with E-state index in [-0.39, 0.29) is 11.4 Å². The number of sulfonamides is 1. The summed E-state index contributed by atoms with van der Waals surface area (Å²) >= 11 is 5.92. The zero-order valence-electron chi connectivity index (χ0n) is 18.6. The molecule has 0 aromatic heterocycles. The van der Waals surface area contributed by atoms with Crippen LogP contribution in [0, 0.1) is 0 Å². The number of rotatable bonds is 8. The number of nitrogens with zero attached hydrogens (tertiary/aromatic N) is 2. The summed E-state index contributed by atoms with van der Waals surface area (Å²) in [4.78, 5) is 15.1. The van der Waals surface area contributed by atoms with Crippen molar-refractivity contribution < 1.29 is 17.9 Å². The lowest BCUT2D eigenvalue weighted by molar-refractivity contribution is -0.119. The molecule has 0 unspecified atom stereocenters. The predicted molar refractivity (Wildman–Crippen MR) is 134 cm³/mol. The maximum atomic E-state index is 13.3. The van der Waals surface area contributed by atoms with Crippen molar-refractivity contribution in [3.8, 4) is 0 Å². The molecule has 1 heterocycles. The van der Waals surface area contributed by atoms with Gasteiger partial charge in [-0.1, -0.05) is 41.9 Å². The van der Waals surface area contributed by atoms with Gasteiger partial charge in [0.2, 0.25) is 5.91 Å². The second-order valence-electron chi connectivity index (χ2n) is 7.84. The third kappa shape index (κ3) is 5.88. The molecule has 1 fully saturated rings. The Morgan fingerprint density at radius 3 is 2.24 bits per heavy atom. The Bertz CT molecular complexity index is 1200. The van der Waals surface area contributed by atoms with E-state index in [2.05, 4.69) is 10.2 Å². The van der Waals surface area contributed by atoms with Crippen LogP contribution in [0.4, 0.5) is 11.4 Å².